The van der Waals surface area contributed by atoms with Crippen molar-refractivity contribution in [3.63, 3.8) is 0 Å². The molecule has 1 aromatic heterocycles. The van der Waals surface area contributed by atoms with Crippen molar-refractivity contribution >= 4 is 11.8 Å². The summed E-state index contributed by atoms with van der Waals surface area (Å²) in [4.78, 5) is 10.1. The Bertz CT molecular complexity index is 878. The second kappa shape index (κ2) is 8.45. The maximum Gasteiger partial charge on any atom is 0.422 e. The second-order valence-corrected chi connectivity index (χ2v) is 6.15. The smallest absolute Gasteiger partial charge is 0.422 e. The highest BCUT2D eigenvalue weighted by molar-refractivity contribution is 6.13. The Morgan fingerprint density at radius 1 is 1.04 bits per heavy atom. The summed E-state index contributed by atoms with van der Waals surface area (Å²) in [6.45, 7) is -0.694. The number of alkyl halides is 3. The van der Waals surface area contributed by atoms with Gasteiger partial charge in [0.15, 0.2) is 6.61 Å². The van der Waals surface area contributed by atoms with Crippen LogP contribution in [-0.2, 0) is 6.42 Å². The Balaban J connectivity index is 1.74. The first-order chi connectivity index (χ1) is 12.9. The molecule has 0 saturated heterocycles. The van der Waals surface area contributed by atoms with Crippen LogP contribution in [0.3, 0.4) is 0 Å². The van der Waals surface area contributed by atoms with Gasteiger partial charge in [-0.1, -0.05) is 30.3 Å². The Morgan fingerprint density at radius 2 is 1.78 bits per heavy atom. The molecule has 2 aromatic carbocycles. The van der Waals surface area contributed by atoms with Gasteiger partial charge in [-0.3, -0.25) is 0 Å². The molecular weight excluding hydrogens is 379 g/mol. The van der Waals surface area contributed by atoms with E-state index in [9.17, 15) is 13.2 Å². The monoisotopic (exact) mass is 395 g/mol. The van der Waals surface area contributed by atoms with Crippen LogP contribution in [0.5, 0.6) is 5.75 Å². The first-order valence-corrected chi connectivity index (χ1v) is 8.60. The van der Waals surface area contributed by atoms with E-state index in [4.69, 9.17) is 16.5 Å². The lowest BCUT2D eigenvalue weighted by Gasteiger charge is -2.10. The Morgan fingerprint density at radius 3 is 2.48 bits per heavy atom. The van der Waals surface area contributed by atoms with Gasteiger partial charge in [0, 0.05) is 18.5 Å². The van der Waals surface area contributed by atoms with Crippen LogP contribution in [0.15, 0.2) is 54.7 Å². The van der Waals surface area contributed by atoms with Crippen molar-refractivity contribution in [1.82, 2.24) is 14.8 Å². The summed E-state index contributed by atoms with van der Waals surface area (Å²) in [6, 6.07) is 14.3. The average Bonchev–Trinajstić information content (AvgIpc) is 3.14. The molecule has 2 N–H and O–H groups in total. The average molecular weight is 396 g/mol. The number of ether oxygens (including phenoxy) is 1. The number of aromatic nitrogens is 2. The van der Waals surface area contributed by atoms with Crippen LogP contribution < -0.4 is 9.57 Å². The van der Waals surface area contributed by atoms with E-state index in [0.717, 1.165) is 28.2 Å². The van der Waals surface area contributed by atoms with Gasteiger partial charge in [-0.05, 0) is 41.1 Å². The second-order valence-electron chi connectivity index (χ2n) is 5.89. The van der Waals surface area contributed by atoms with Crippen molar-refractivity contribution in [2.75, 3.05) is 13.2 Å². The van der Waals surface area contributed by atoms with E-state index in [0.29, 0.717) is 13.0 Å². The van der Waals surface area contributed by atoms with Crippen LogP contribution in [0.25, 0.3) is 22.4 Å². The Hall–Kier alpha value is -2.51. The van der Waals surface area contributed by atoms with E-state index >= 15 is 0 Å². The number of benzene rings is 2. The highest BCUT2D eigenvalue weighted by Gasteiger charge is 2.28. The van der Waals surface area contributed by atoms with Crippen molar-refractivity contribution in [3.8, 4) is 28.1 Å². The number of hydrogen-bond acceptors (Lipinski definition) is 3. The molecule has 0 aliphatic heterocycles. The van der Waals surface area contributed by atoms with Gasteiger partial charge in [-0.15, -0.1) is 0 Å². The molecule has 142 valence electrons. The predicted molar refractivity (Wildman–Crippen MR) is 98.6 cm³/mol. The fraction of sp³-hybridized carbons (Fsp3) is 0.211. The highest BCUT2D eigenvalue weighted by atomic mass is 35.5. The van der Waals surface area contributed by atoms with Crippen molar-refractivity contribution in [1.29, 1.82) is 0 Å². The summed E-state index contributed by atoms with van der Waals surface area (Å²) in [5.74, 6) is 1.01. The number of rotatable bonds is 7. The highest BCUT2D eigenvalue weighted by Crippen LogP contribution is 2.27. The summed E-state index contributed by atoms with van der Waals surface area (Å²) in [5, 5.41) is 0. The Kier molecular flexibility index (Phi) is 6.03. The summed E-state index contributed by atoms with van der Waals surface area (Å²) >= 11 is 5.46. The minimum absolute atomic E-state index is 0.179. The Labute approximate surface area is 159 Å². The molecule has 8 heteroatoms. The van der Waals surface area contributed by atoms with E-state index in [1.54, 1.807) is 18.3 Å². The van der Waals surface area contributed by atoms with E-state index in [-0.39, 0.29) is 5.75 Å². The number of hydrogen-bond donors (Lipinski definition) is 2. The normalized spacial score (nSPS) is 11.6. The van der Waals surface area contributed by atoms with E-state index in [2.05, 4.69) is 14.8 Å². The minimum atomic E-state index is -4.35. The molecule has 0 aliphatic carbocycles. The molecule has 0 bridgehead atoms. The predicted octanol–water partition coefficient (Wildman–Crippen LogP) is 4.97. The van der Waals surface area contributed by atoms with Crippen molar-refractivity contribution in [3.05, 3.63) is 60.6 Å². The topological polar surface area (TPSA) is 49.9 Å². The van der Waals surface area contributed by atoms with Crippen LogP contribution in [0.1, 0.15) is 5.82 Å². The largest absolute Gasteiger partial charge is 0.484 e. The summed E-state index contributed by atoms with van der Waals surface area (Å²) in [6.07, 6.45) is -1.91. The third-order valence-corrected chi connectivity index (χ3v) is 4.04. The third kappa shape index (κ3) is 5.48. The molecule has 0 saturated carbocycles. The van der Waals surface area contributed by atoms with E-state index < -0.39 is 12.8 Å². The summed E-state index contributed by atoms with van der Waals surface area (Å²) in [7, 11) is 0. The lowest BCUT2D eigenvalue weighted by molar-refractivity contribution is -0.153. The van der Waals surface area contributed by atoms with Gasteiger partial charge >= 0.3 is 6.18 Å². The number of aromatic amines is 1. The van der Waals surface area contributed by atoms with Crippen molar-refractivity contribution in [2.45, 2.75) is 12.6 Å². The zero-order chi connectivity index (χ0) is 19.3. The lowest BCUT2D eigenvalue weighted by Crippen LogP contribution is -2.19. The van der Waals surface area contributed by atoms with Gasteiger partial charge in [-0.25, -0.2) is 9.82 Å². The maximum absolute atomic E-state index is 12.2. The zero-order valence-electron chi connectivity index (χ0n) is 14.2. The molecule has 0 amide bonds. The lowest BCUT2D eigenvalue weighted by atomic mass is 10.0. The number of H-pyrrole nitrogens is 1. The molecular formula is C19H17ClF3N3O. The number of nitrogens with zero attached hydrogens (tertiary/aromatic N) is 1. The SMILES string of the molecule is FC(F)(F)COc1ccc(-c2cccc(-c3cnc(CCNCl)[nH]3)c2)cc1. The summed E-state index contributed by atoms with van der Waals surface area (Å²) in [5.41, 5.74) is 3.66. The van der Waals surface area contributed by atoms with Crippen LogP contribution in [-0.4, -0.2) is 29.3 Å². The van der Waals surface area contributed by atoms with Gasteiger partial charge < -0.3 is 9.72 Å². The van der Waals surface area contributed by atoms with Crippen LogP contribution in [0.2, 0.25) is 0 Å². The molecule has 4 nitrogen and oxygen atoms in total. The van der Waals surface area contributed by atoms with Crippen molar-refractivity contribution < 1.29 is 17.9 Å². The fourth-order valence-electron chi connectivity index (χ4n) is 2.58. The molecule has 3 rings (SSSR count). The molecule has 0 atom stereocenters. The molecule has 0 fully saturated rings. The number of imidazole rings is 1. The van der Waals surface area contributed by atoms with Crippen LogP contribution in [0.4, 0.5) is 13.2 Å². The first-order valence-electron chi connectivity index (χ1n) is 8.22. The molecule has 1 heterocycles. The summed E-state index contributed by atoms with van der Waals surface area (Å²) < 4.78 is 41.4. The minimum Gasteiger partial charge on any atom is -0.484 e. The van der Waals surface area contributed by atoms with Crippen LogP contribution in [0, 0.1) is 0 Å². The van der Waals surface area contributed by atoms with Gasteiger partial charge in [0.2, 0.25) is 0 Å². The van der Waals surface area contributed by atoms with Gasteiger partial charge in [-0.2, -0.15) is 13.2 Å². The molecule has 0 unspecified atom stereocenters. The third-order valence-electron chi connectivity index (χ3n) is 3.85. The molecule has 0 radical (unpaired) electrons. The standard InChI is InChI=1S/C19H17ClF3N3O/c20-25-9-8-18-24-11-17(26-18)15-3-1-2-14(10-15)13-4-6-16(7-5-13)27-12-19(21,22)23/h1-7,10-11,25H,8-9,12H2,(H,24,26). The molecule has 0 aliphatic rings. The maximum atomic E-state index is 12.2. The number of nitrogens with one attached hydrogen (secondary N) is 2. The molecule has 27 heavy (non-hydrogen) atoms. The quantitative estimate of drug-likeness (QED) is 0.555. The zero-order valence-corrected chi connectivity index (χ0v) is 14.9. The molecule has 0 spiro atoms. The van der Waals surface area contributed by atoms with Gasteiger partial charge in [0.25, 0.3) is 0 Å². The molecule has 3 aromatic rings. The van der Waals surface area contributed by atoms with Gasteiger partial charge in [0.05, 0.1) is 11.9 Å². The van der Waals surface area contributed by atoms with E-state index in [1.165, 1.54) is 12.1 Å². The number of halogens is 4. The van der Waals surface area contributed by atoms with E-state index in [1.807, 2.05) is 24.3 Å². The first kappa shape index (κ1) is 19.3. The fourth-order valence-corrected chi connectivity index (χ4v) is 2.67. The van der Waals surface area contributed by atoms with Crippen LogP contribution >= 0.6 is 11.8 Å². The van der Waals surface area contributed by atoms with Gasteiger partial charge in [0.1, 0.15) is 11.6 Å². The van der Waals surface area contributed by atoms with Crippen molar-refractivity contribution in [2.24, 2.45) is 0 Å².